The molecule has 0 atom stereocenters. The van der Waals surface area contributed by atoms with E-state index < -0.39 is 40.1 Å². The molecule has 0 fully saturated rings. The van der Waals surface area contributed by atoms with E-state index in [9.17, 15) is 33.8 Å². The van der Waals surface area contributed by atoms with Crippen LogP contribution in [0.2, 0.25) is 0 Å². The standard InChI is InChI=1S/C20H17F2N5O6/c1-11-4-3-5-15(6-11)33-16-8-13(7-14(9-16)26(29)30)23-17(28)10-25-12(2)19(27(31)32)18(24-25)20(21)22/h3-9,20H,10H2,1-2H3,(H,23,28). The normalized spacial score (nSPS) is 10.8. The number of nitrogens with one attached hydrogen (secondary N) is 1. The largest absolute Gasteiger partial charge is 0.457 e. The number of anilines is 1. The van der Waals surface area contributed by atoms with Gasteiger partial charge in [-0.1, -0.05) is 12.1 Å². The number of carbonyl (C=O) groups excluding carboxylic acids is 1. The van der Waals surface area contributed by atoms with Crippen LogP contribution >= 0.6 is 0 Å². The lowest BCUT2D eigenvalue weighted by atomic mass is 10.2. The van der Waals surface area contributed by atoms with E-state index in [2.05, 4.69) is 10.4 Å². The summed E-state index contributed by atoms with van der Waals surface area (Å²) in [5.41, 5.74) is -1.60. The Morgan fingerprint density at radius 1 is 1.12 bits per heavy atom. The van der Waals surface area contributed by atoms with Gasteiger partial charge in [-0.15, -0.1) is 0 Å². The van der Waals surface area contributed by atoms with Gasteiger partial charge < -0.3 is 10.1 Å². The maximum absolute atomic E-state index is 13.1. The fourth-order valence-corrected chi connectivity index (χ4v) is 3.06. The highest BCUT2D eigenvalue weighted by Crippen LogP contribution is 2.32. The smallest absolute Gasteiger partial charge is 0.319 e. The molecular weight excluding hydrogens is 444 g/mol. The maximum atomic E-state index is 13.1. The van der Waals surface area contributed by atoms with Crippen LogP contribution in [0.4, 0.5) is 25.8 Å². The van der Waals surface area contributed by atoms with E-state index in [0.29, 0.717) is 5.75 Å². The predicted molar refractivity (Wildman–Crippen MR) is 112 cm³/mol. The summed E-state index contributed by atoms with van der Waals surface area (Å²) in [7, 11) is 0. The lowest BCUT2D eigenvalue weighted by molar-refractivity contribution is -0.386. The Labute approximate surface area is 184 Å². The number of amides is 1. The predicted octanol–water partition coefficient (Wildman–Crippen LogP) is 4.68. The van der Waals surface area contributed by atoms with Crippen molar-refractivity contribution in [1.29, 1.82) is 0 Å². The van der Waals surface area contributed by atoms with Crippen molar-refractivity contribution in [3.8, 4) is 11.5 Å². The minimum atomic E-state index is -3.20. The minimum absolute atomic E-state index is 0.00486. The van der Waals surface area contributed by atoms with Crippen molar-refractivity contribution in [3.63, 3.8) is 0 Å². The lowest BCUT2D eigenvalue weighted by Gasteiger charge is -2.10. The number of rotatable bonds is 8. The van der Waals surface area contributed by atoms with E-state index >= 15 is 0 Å². The number of benzene rings is 2. The number of ether oxygens (including phenoxy) is 1. The zero-order valence-electron chi connectivity index (χ0n) is 17.3. The number of carbonyl (C=O) groups is 1. The number of nitro benzene ring substituents is 1. The molecule has 1 aromatic heterocycles. The van der Waals surface area contributed by atoms with Crippen molar-refractivity contribution in [1.82, 2.24) is 9.78 Å². The van der Waals surface area contributed by atoms with Gasteiger partial charge in [-0.3, -0.25) is 29.7 Å². The fourth-order valence-electron chi connectivity index (χ4n) is 3.06. The summed E-state index contributed by atoms with van der Waals surface area (Å²) < 4.78 is 32.6. The zero-order chi connectivity index (χ0) is 24.3. The fraction of sp³-hybridized carbons (Fsp3) is 0.200. The van der Waals surface area contributed by atoms with Crippen LogP contribution in [0.3, 0.4) is 0 Å². The van der Waals surface area contributed by atoms with E-state index in [-0.39, 0.29) is 22.8 Å². The Balaban J connectivity index is 1.85. The first kappa shape index (κ1) is 23.2. The third-order valence-electron chi connectivity index (χ3n) is 4.49. The van der Waals surface area contributed by atoms with Crippen molar-refractivity contribution in [3.05, 3.63) is 79.6 Å². The van der Waals surface area contributed by atoms with Crippen molar-refractivity contribution in [2.45, 2.75) is 26.8 Å². The average Bonchev–Trinajstić information content (AvgIpc) is 3.04. The van der Waals surface area contributed by atoms with E-state index in [1.54, 1.807) is 18.2 Å². The molecule has 1 heterocycles. The molecule has 172 valence electrons. The van der Waals surface area contributed by atoms with Crippen LogP contribution < -0.4 is 10.1 Å². The Morgan fingerprint density at radius 2 is 1.85 bits per heavy atom. The minimum Gasteiger partial charge on any atom is -0.457 e. The van der Waals surface area contributed by atoms with Gasteiger partial charge in [0, 0.05) is 12.1 Å². The van der Waals surface area contributed by atoms with Gasteiger partial charge in [0.05, 0.1) is 21.6 Å². The molecule has 0 aliphatic rings. The van der Waals surface area contributed by atoms with E-state index in [0.717, 1.165) is 16.3 Å². The van der Waals surface area contributed by atoms with Crippen LogP contribution in [0.5, 0.6) is 11.5 Å². The third kappa shape index (κ3) is 5.44. The molecule has 0 spiro atoms. The number of aromatic nitrogens is 2. The molecular formula is C20H17F2N5O6. The number of halogens is 2. The number of aryl methyl sites for hydroxylation is 1. The molecule has 13 heteroatoms. The van der Waals surface area contributed by atoms with Crippen molar-refractivity contribution < 1.29 is 28.2 Å². The summed E-state index contributed by atoms with van der Waals surface area (Å²) in [6.45, 7) is 2.40. The molecule has 0 aliphatic carbocycles. The van der Waals surface area contributed by atoms with Gasteiger partial charge in [-0.2, -0.15) is 5.10 Å². The summed E-state index contributed by atoms with van der Waals surface area (Å²) in [4.78, 5) is 33.2. The summed E-state index contributed by atoms with van der Waals surface area (Å²) in [5, 5.41) is 28.2. The van der Waals surface area contributed by atoms with Gasteiger partial charge in [0.15, 0.2) is 0 Å². The first-order valence-corrected chi connectivity index (χ1v) is 9.39. The second kappa shape index (κ2) is 9.38. The SMILES string of the molecule is Cc1cccc(Oc2cc(NC(=O)Cn3nc(C(F)F)c([N+](=O)[O-])c3C)cc([N+](=O)[O-])c2)c1. The number of hydrogen-bond acceptors (Lipinski definition) is 7. The highest BCUT2D eigenvalue weighted by Gasteiger charge is 2.31. The average molecular weight is 461 g/mol. The molecule has 1 N–H and O–H groups in total. The lowest BCUT2D eigenvalue weighted by Crippen LogP contribution is -2.20. The van der Waals surface area contributed by atoms with Gasteiger partial charge in [-0.25, -0.2) is 8.78 Å². The second-order valence-corrected chi connectivity index (χ2v) is 6.97. The molecule has 0 saturated heterocycles. The highest BCUT2D eigenvalue weighted by molar-refractivity contribution is 5.91. The Bertz CT molecular complexity index is 1240. The molecule has 3 aromatic rings. The maximum Gasteiger partial charge on any atom is 0.319 e. The topological polar surface area (TPSA) is 142 Å². The highest BCUT2D eigenvalue weighted by atomic mass is 19.3. The van der Waals surface area contributed by atoms with E-state index in [1.807, 2.05) is 13.0 Å². The number of nitro groups is 2. The number of hydrogen-bond donors (Lipinski definition) is 1. The Morgan fingerprint density at radius 3 is 2.42 bits per heavy atom. The molecule has 0 bridgehead atoms. The molecule has 0 unspecified atom stereocenters. The molecule has 11 nitrogen and oxygen atoms in total. The molecule has 0 aliphatic heterocycles. The van der Waals surface area contributed by atoms with Crippen molar-refractivity contribution in [2.24, 2.45) is 0 Å². The van der Waals surface area contributed by atoms with E-state index in [4.69, 9.17) is 4.74 Å². The second-order valence-electron chi connectivity index (χ2n) is 6.97. The summed E-state index contributed by atoms with van der Waals surface area (Å²) in [6.07, 6.45) is -3.20. The van der Waals surface area contributed by atoms with Crippen LogP contribution in [-0.4, -0.2) is 25.5 Å². The van der Waals surface area contributed by atoms with Crippen LogP contribution in [-0.2, 0) is 11.3 Å². The first-order valence-electron chi connectivity index (χ1n) is 9.39. The number of non-ortho nitro benzene ring substituents is 1. The molecule has 33 heavy (non-hydrogen) atoms. The Kier molecular flexibility index (Phi) is 6.61. The van der Waals surface area contributed by atoms with Gasteiger partial charge >= 0.3 is 5.69 Å². The number of nitrogens with zero attached hydrogens (tertiary/aromatic N) is 4. The third-order valence-corrected chi connectivity index (χ3v) is 4.49. The van der Waals surface area contributed by atoms with Crippen molar-refractivity contribution >= 4 is 23.0 Å². The molecule has 1 amide bonds. The van der Waals surface area contributed by atoms with Crippen LogP contribution in [0.1, 0.15) is 23.4 Å². The first-order chi connectivity index (χ1) is 15.5. The van der Waals surface area contributed by atoms with Crippen LogP contribution in [0.15, 0.2) is 42.5 Å². The zero-order valence-corrected chi connectivity index (χ0v) is 17.3. The van der Waals surface area contributed by atoms with Gasteiger partial charge in [0.25, 0.3) is 12.1 Å². The Hall–Kier alpha value is -4.42. The molecule has 2 aromatic carbocycles. The van der Waals surface area contributed by atoms with Crippen LogP contribution in [0.25, 0.3) is 0 Å². The summed E-state index contributed by atoms with van der Waals surface area (Å²) in [5.74, 6) is -0.291. The van der Waals surface area contributed by atoms with Gasteiger partial charge in [-0.05, 0) is 31.5 Å². The van der Waals surface area contributed by atoms with Crippen molar-refractivity contribution in [2.75, 3.05) is 5.32 Å². The van der Waals surface area contributed by atoms with E-state index in [1.165, 1.54) is 19.1 Å². The van der Waals surface area contributed by atoms with Gasteiger partial charge in [0.2, 0.25) is 11.6 Å². The monoisotopic (exact) mass is 461 g/mol. The molecule has 0 radical (unpaired) electrons. The number of alkyl halides is 2. The summed E-state index contributed by atoms with van der Waals surface area (Å²) in [6, 6.07) is 10.5. The quantitative estimate of drug-likeness (QED) is 0.379. The molecule has 0 saturated carbocycles. The summed E-state index contributed by atoms with van der Waals surface area (Å²) >= 11 is 0. The van der Waals surface area contributed by atoms with Crippen LogP contribution in [0, 0.1) is 34.1 Å². The molecule has 3 rings (SSSR count). The van der Waals surface area contributed by atoms with Gasteiger partial charge in [0.1, 0.15) is 23.7 Å².